The van der Waals surface area contributed by atoms with Gasteiger partial charge in [0.05, 0.1) is 11.8 Å². The van der Waals surface area contributed by atoms with Gasteiger partial charge in [0.2, 0.25) is 0 Å². The van der Waals surface area contributed by atoms with Crippen LogP contribution in [0.25, 0.3) is 0 Å². The molecule has 0 unspecified atom stereocenters. The van der Waals surface area contributed by atoms with Crippen LogP contribution in [-0.4, -0.2) is 27.5 Å². The monoisotopic (exact) mass is 363 g/mol. The fraction of sp³-hybridized carbons (Fsp3) is 0.0625. The van der Waals surface area contributed by atoms with Gasteiger partial charge in [-0.05, 0) is 55.0 Å². The summed E-state index contributed by atoms with van der Waals surface area (Å²) in [6, 6.07) is 9.37. The van der Waals surface area contributed by atoms with Crippen molar-refractivity contribution in [3.05, 3.63) is 58.1 Å². The molecule has 24 heavy (non-hydrogen) atoms. The smallest absolute Gasteiger partial charge is 0.335 e. The van der Waals surface area contributed by atoms with Crippen LogP contribution in [0.2, 0.25) is 5.02 Å². The Balaban J connectivity index is 2.00. The summed E-state index contributed by atoms with van der Waals surface area (Å²) >= 11 is 11.2. The summed E-state index contributed by atoms with van der Waals surface area (Å²) in [7, 11) is 0. The number of hydrogen-bond donors (Lipinski definition) is 4. The number of phenols is 1. The van der Waals surface area contributed by atoms with E-state index in [1.807, 2.05) is 13.0 Å². The number of carbonyl (C=O) groups is 1. The van der Waals surface area contributed by atoms with Crippen LogP contribution in [-0.2, 0) is 0 Å². The van der Waals surface area contributed by atoms with E-state index >= 15 is 0 Å². The van der Waals surface area contributed by atoms with Crippen LogP contribution in [0.1, 0.15) is 21.5 Å². The lowest BCUT2D eigenvalue weighted by Gasteiger charge is -2.10. The number of hydrogen-bond acceptors (Lipinski definition) is 4. The third kappa shape index (κ3) is 4.43. The van der Waals surface area contributed by atoms with Crippen LogP contribution in [0.15, 0.2) is 41.5 Å². The van der Waals surface area contributed by atoms with Gasteiger partial charge in [0.25, 0.3) is 0 Å². The van der Waals surface area contributed by atoms with E-state index in [2.05, 4.69) is 15.8 Å². The average Bonchev–Trinajstić information content (AvgIpc) is 2.53. The lowest BCUT2D eigenvalue weighted by molar-refractivity contribution is 0.0696. The summed E-state index contributed by atoms with van der Waals surface area (Å²) in [6.45, 7) is 1.86. The normalized spacial score (nSPS) is 10.6. The fourth-order valence-corrected chi connectivity index (χ4v) is 2.18. The van der Waals surface area contributed by atoms with E-state index in [0.29, 0.717) is 10.6 Å². The van der Waals surface area contributed by atoms with Crippen molar-refractivity contribution in [3.8, 4) is 5.75 Å². The molecule has 0 heterocycles. The van der Waals surface area contributed by atoms with Gasteiger partial charge in [-0.2, -0.15) is 5.10 Å². The summed E-state index contributed by atoms with van der Waals surface area (Å²) in [5.41, 5.74) is 4.57. The molecule has 2 rings (SSSR count). The van der Waals surface area contributed by atoms with Gasteiger partial charge in [-0.1, -0.05) is 17.7 Å². The highest BCUT2D eigenvalue weighted by Crippen LogP contribution is 2.22. The molecule has 4 N–H and O–H groups in total. The van der Waals surface area contributed by atoms with E-state index in [1.54, 1.807) is 12.1 Å². The molecule has 0 atom stereocenters. The number of carboxylic acid groups (broad SMARTS) is 1. The van der Waals surface area contributed by atoms with Crippen LogP contribution in [0.3, 0.4) is 0 Å². The minimum absolute atomic E-state index is 0.00812. The van der Waals surface area contributed by atoms with E-state index < -0.39 is 5.97 Å². The summed E-state index contributed by atoms with van der Waals surface area (Å²) < 4.78 is 0. The van der Waals surface area contributed by atoms with Crippen molar-refractivity contribution in [2.75, 3.05) is 5.32 Å². The maximum atomic E-state index is 10.8. The van der Waals surface area contributed by atoms with E-state index in [1.165, 1.54) is 18.3 Å². The molecule has 0 radical (unpaired) electrons. The number of anilines is 1. The minimum Gasteiger partial charge on any atom is -0.507 e. The standard InChI is InChI=1S/C16H14ClN3O3S/c1-9-12(17)3-2-4-13(9)19-16(24)20-18-8-11-6-5-10(15(22)23)7-14(11)21/h2-8,21H,1H3,(H,22,23)(H2,19,20,24)/b18-8+. The van der Waals surface area contributed by atoms with Crippen molar-refractivity contribution in [3.63, 3.8) is 0 Å². The number of thiocarbonyl (C=S) groups is 1. The van der Waals surface area contributed by atoms with E-state index in [-0.39, 0.29) is 16.4 Å². The number of aromatic carboxylic acids is 1. The van der Waals surface area contributed by atoms with Crippen molar-refractivity contribution in [1.29, 1.82) is 0 Å². The second-order valence-electron chi connectivity index (χ2n) is 4.82. The topological polar surface area (TPSA) is 94.0 Å². The van der Waals surface area contributed by atoms with Crippen molar-refractivity contribution in [1.82, 2.24) is 5.43 Å². The molecule has 124 valence electrons. The molecule has 2 aromatic rings. The zero-order valence-corrected chi connectivity index (χ0v) is 14.1. The summed E-state index contributed by atoms with van der Waals surface area (Å²) in [6.07, 6.45) is 1.33. The molecule has 0 amide bonds. The predicted octanol–water partition coefficient (Wildman–Crippen LogP) is 3.37. The number of nitrogens with one attached hydrogen (secondary N) is 2. The highest BCUT2D eigenvalue weighted by molar-refractivity contribution is 7.80. The number of nitrogens with zero attached hydrogens (tertiary/aromatic N) is 1. The zero-order valence-electron chi connectivity index (χ0n) is 12.6. The molecule has 0 fully saturated rings. The van der Waals surface area contributed by atoms with Gasteiger partial charge in [0, 0.05) is 16.3 Å². The Hall–Kier alpha value is -2.64. The fourth-order valence-electron chi connectivity index (χ4n) is 1.84. The number of carboxylic acids is 1. The highest BCUT2D eigenvalue weighted by atomic mass is 35.5. The summed E-state index contributed by atoms with van der Waals surface area (Å²) in [5.74, 6) is -1.31. The Labute approximate surface area is 148 Å². The van der Waals surface area contributed by atoms with Crippen LogP contribution in [0.4, 0.5) is 5.69 Å². The first-order chi connectivity index (χ1) is 11.4. The summed E-state index contributed by atoms with van der Waals surface area (Å²) in [4.78, 5) is 10.8. The zero-order chi connectivity index (χ0) is 17.7. The number of hydrazone groups is 1. The third-order valence-corrected chi connectivity index (χ3v) is 3.77. The quantitative estimate of drug-likeness (QED) is 0.378. The first-order valence-corrected chi connectivity index (χ1v) is 7.58. The average molecular weight is 364 g/mol. The van der Waals surface area contributed by atoms with Gasteiger partial charge < -0.3 is 15.5 Å². The molecular formula is C16H14ClN3O3S. The van der Waals surface area contributed by atoms with Crippen LogP contribution in [0, 0.1) is 6.92 Å². The van der Waals surface area contributed by atoms with Gasteiger partial charge >= 0.3 is 5.97 Å². The lowest BCUT2D eigenvalue weighted by Crippen LogP contribution is -2.24. The summed E-state index contributed by atoms with van der Waals surface area (Å²) in [5, 5.41) is 26.3. The van der Waals surface area contributed by atoms with Gasteiger partial charge in [0.15, 0.2) is 5.11 Å². The van der Waals surface area contributed by atoms with Crippen molar-refractivity contribution in [2.24, 2.45) is 5.10 Å². The second-order valence-corrected chi connectivity index (χ2v) is 5.63. The van der Waals surface area contributed by atoms with E-state index in [9.17, 15) is 9.90 Å². The first kappa shape index (κ1) is 17.7. The van der Waals surface area contributed by atoms with E-state index in [4.69, 9.17) is 28.9 Å². The van der Waals surface area contributed by atoms with Gasteiger partial charge in [-0.15, -0.1) is 0 Å². The second kappa shape index (κ2) is 7.76. The van der Waals surface area contributed by atoms with Crippen LogP contribution >= 0.6 is 23.8 Å². The van der Waals surface area contributed by atoms with Crippen molar-refractivity contribution >= 4 is 46.8 Å². The molecule has 2 aromatic carbocycles. The molecule has 0 spiro atoms. The maximum absolute atomic E-state index is 10.8. The van der Waals surface area contributed by atoms with Crippen LogP contribution < -0.4 is 10.7 Å². The van der Waals surface area contributed by atoms with E-state index in [0.717, 1.165) is 17.3 Å². The molecule has 0 aliphatic heterocycles. The molecule has 0 aliphatic rings. The Bertz CT molecular complexity index is 824. The highest BCUT2D eigenvalue weighted by Gasteiger charge is 2.06. The first-order valence-electron chi connectivity index (χ1n) is 6.80. The van der Waals surface area contributed by atoms with Crippen molar-refractivity contribution < 1.29 is 15.0 Å². The number of aromatic hydroxyl groups is 1. The molecule has 0 aliphatic carbocycles. The van der Waals surface area contributed by atoms with Gasteiger partial charge in [-0.25, -0.2) is 4.79 Å². The van der Waals surface area contributed by atoms with Crippen LogP contribution in [0.5, 0.6) is 5.75 Å². The number of halogens is 1. The Morgan fingerprint density at radius 2 is 2.08 bits per heavy atom. The van der Waals surface area contributed by atoms with Crippen molar-refractivity contribution in [2.45, 2.75) is 6.92 Å². The molecule has 0 saturated heterocycles. The predicted molar refractivity (Wildman–Crippen MR) is 98.2 cm³/mol. The molecule has 0 aromatic heterocycles. The molecule has 0 saturated carbocycles. The van der Waals surface area contributed by atoms with Gasteiger partial charge in [0.1, 0.15) is 5.75 Å². The lowest BCUT2D eigenvalue weighted by atomic mass is 10.1. The molecule has 8 heteroatoms. The molecular weight excluding hydrogens is 350 g/mol. The Kier molecular flexibility index (Phi) is 5.73. The largest absolute Gasteiger partial charge is 0.507 e. The van der Waals surface area contributed by atoms with Gasteiger partial charge in [-0.3, -0.25) is 5.43 Å². The third-order valence-electron chi connectivity index (χ3n) is 3.16. The molecule has 6 nitrogen and oxygen atoms in total. The number of benzene rings is 2. The Morgan fingerprint density at radius 3 is 2.75 bits per heavy atom. The number of phenolic OH excluding ortho intramolecular Hbond substituents is 1. The molecule has 0 bridgehead atoms. The Morgan fingerprint density at radius 1 is 1.33 bits per heavy atom. The minimum atomic E-state index is -1.12. The SMILES string of the molecule is Cc1c(Cl)cccc1NC(=S)N/N=C/c1ccc(C(=O)O)cc1O. The number of rotatable bonds is 4. The maximum Gasteiger partial charge on any atom is 0.335 e.